The van der Waals surface area contributed by atoms with E-state index in [1.54, 1.807) is 7.11 Å². The molecule has 0 saturated heterocycles. The predicted molar refractivity (Wildman–Crippen MR) is 78.7 cm³/mol. The van der Waals surface area contributed by atoms with E-state index in [0.717, 1.165) is 21.7 Å². The average Bonchev–Trinajstić information content (AvgIpc) is 2.39. The smallest absolute Gasteiger partial charge is 0.123 e. The van der Waals surface area contributed by atoms with Gasteiger partial charge in [-0.1, -0.05) is 35.7 Å². The number of hydrogen-bond donors (Lipinski definition) is 1. The third kappa shape index (κ3) is 3.07. The summed E-state index contributed by atoms with van der Waals surface area (Å²) >= 11 is 3.52. The van der Waals surface area contributed by atoms with Crippen LogP contribution in [0.15, 0.2) is 22.7 Å². The molecule has 1 atom stereocenters. The number of halogens is 1. The number of rotatable bonds is 3. The summed E-state index contributed by atoms with van der Waals surface area (Å²) in [5.74, 6) is 2.35. The molecule has 0 heterocycles. The second kappa shape index (κ2) is 6.07. The molecule has 3 heteroatoms. The van der Waals surface area contributed by atoms with Crippen LogP contribution in [0.4, 0.5) is 0 Å². The molecule has 0 bridgehead atoms. The van der Waals surface area contributed by atoms with Gasteiger partial charge in [-0.3, -0.25) is 0 Å². The summed E-state index contributed by atoms with van der Waals surface area (Å²) in [5, 5.41) is 0. The number of benzene rings is 1. The minimum Gasteiger partial charge on any atom is -0.496 e. The highest BCUT2D eigenvalue weighted by Crippen LogP contribution is 2.38. The van der Waals surface area contributed by atoms with Gasteiger partial charge in [-0.15, -0.1) is 0 Å². The number of hydrogen-bond acceptors (Lipinski definition) is 2. The molecule has 1 unspecified atom stereocenters. The van der Waals surface area contributed by atoms with Crippen LogP contribution in [0, 0.1) is 11.8 Å². The SMILES string of the molecule is COc1ccc(Br)cc1C(N)C1CCC(C)CC1. The molecule has 1 aliphatic rings. The van der Waals surface area contributed by atoms with Crippen molar-refractivity contribution in [3.63, 3.8) is 0 Å². The summed E-state index contributed by atoms with van der Waals surface area (Å²) in [6, 6.07) is 6.18. The minimum absolute atomic E-state index is 0.0879. The fourth-order valence-electron chi connectivity index (χ4n) is 2.86. The fourth-order valence-corrected chi connectivity index (χ4v) is 3.24. The zero-order chi connectivity index (χ0) is 13.1. The van der Waals surface area contributed by atoms with E-state index < -0.39 is 0 Å². The van der Waals surface area contributed by atoms with Crippen LogP contribution in [0.5, 0.6) is 5.75 Å². The quantitative estimate of drug-likeness (QED) is 0.904. The molecule has 1 aromatic rings. The van der Waals surface area contributed by atoms with Crippen molar-refractivity contribution in [3.05, 3.63) is 28.2 Å². The first kappa shape index (κ1) is 13.9. The van der Waals surface area contributed by atoms with Crippen LogP contribution in [-0.4, -0.2) is 7.11 Å². The number of nitrogens with two attached hydrogens (primary N) is 1. The molecule has 0 radical (unpaired) electrons. The maximum Gasteiger partial charge on any atom is 0.123 e. The molecule has 0 aromatic heterocycles. The summed E-state index contributed by atoms with van der Waals surface area (Å²) in [6.07, 6.45) is 5.07. The van der Waals surface area contributed by atoms with Crippen molar-refractivity contribution in [1.29, 1.82) is 0 Å². The fraction of sp³-hybridized carbons (Fsp3) is 0.600. The Hall–Kier alpha value is -0.540. The lowest BCUT2D eigenvalue weighted by molar-refractivity contribution is 0.253. The molecule has 0 aliphatic heterocycles. The van der Waals surface area contributed by atoms with E-state index >= 15 is 0 Å². The normalized spacial score (nSPS) is 25.8. The van der Waals surface area contributed by atoms with Gasteiger partial charge >= 0.3 is 0 Å². The molecule has 18 heavy (non-hydrogen) atoms. The lowest BCUT2D eigenvalue weighted by Crippen LogP contribution is -2.25. The van der Waals surface area contributed by atoms with Crippen molar-refractivity contribution >= 4 is 15.9 Å². The molecule has 0 spiro atoms. The van der Waals surface area contributed by atoms with Gasteiger partial charge in [0.15, 0.2) is 0 Å². The summed E-state index contributed by atoms with van der Waals surface area (Å²) in [4.78, 5) is 0. The van der Waals surface area contributed by atoms with Gasteiger partial charge in [-0.25, -0.2) is 0 Å². The first-order valence-corrected chi connectivity index (χ1v) is 7.50. The number of ether oxygens (including phenoxy) is 1. The lowest BCUT2D eigenvalue weighted by Gasteiger charge is -2.31. The average molecular weight is 312 g/mol. The lowest BCUT2D eigenvalue weighted by atomic mass is 9.77. The van der Waals surface area contributed by atoms with E-state index in [2.05, 4.69) is 28.9 Å². The van der Waals surface area contributed by atoms with Crippen LogP contribution in [0.1, 0.15) is 44.2 Å². The molecular weight excluding hydrogens is 290 g/mol. The second-order valence-electron chi connectivity index (χ2n) is 5.43. The zero-order valence-corrected chi connectivity index (χ0v) is 12.7. The minimum atomic E-state index is 0.0879. The summed E-state index contributed by atoms with van der Waals surface area (Å²) < 4.78 is 6.50. The van der Waals surface area contributed by atoms with Gasteiger partial charge in [0.25, 0.3) is 0 Å². The van der Waals surface area contributed by atoms with Gasteiger partial charge < -0.3 is 10.5 Å². The molecule has 1 aromatic carbocycles. The Labute approximate surface area is 118 Å². The highest BCUT2D eigenvalue weighted by Gasteiger charge is 2.26. The van der Waals surface area contributed by atoms with Crippen LogP contribution >= 0.6 is 15.9 Å². The highest BCUT2D eigenvalue weighted by atomic mass is 79.9. The van der Waals surface area contributed by atoms with E-state index in [-0.39, 0.29) is 6.04 Å². The van der Waals surface area contributed by atoms with Crippen LogP contribution in [-0.2, 0) is 0 Å². The van der Waals surface area contributed by atoms with Crippen LogP contribution < -0.4 is 10.5 Å². The standard InChI is InChI=1S/C15H22BrNO/c1-10-3-5-11(6-4-10)15(17)13-9-12(16)7-8-14(13)18-2/h7-11,15H,3-6,17H2,1-2H3. The molecule has 0 amide bonds. The molecule has 2 nitrogen and oxygen atoms in total. The van der Waals surface area contributed by atoms with Gasteiger partial charge in [-0.2, -0.15) is 0 Å². The van der Waals surface area contributed by atoms with Crippen LogP contribution in [0.3, 0.4) is 0 Å². The topological polar surface area (TPSA) is 35.2 Å². The van der Waals surface area contributed by atoms with E-state index in [1.807, 2.05) is 12.1 Å². The van der Waals surface area contributed by atoms with Gasteiger partial charge in [0.05, 0.1) is 7.11 Å². The molecular formula is C15H22BrNO. The van der Waals surface area contributed by atoms with E-state index in [4.69, 9.17) is 10.5 Å². The Kier molecular flexibility index (Phi) is 4.68. The predicted octanol–water partition coefficient (Wildman–Crippen LogP) is 4.28. The van der Waals surface area contributed by atoms with Crippen molar-refractivity contribution in [2.75, 3.05) is 7.11 Å². The van der Waals surface area contributed by atoms with E-state index in [9.17, 15) is 0 Å². The van der Waals surface area contributed by atoms with Gasteiger partial charge in [0.2, 0.25) is 0 Å². The summed E-state index contributed by atoms with van der Waals surface area (Å²) in [6.45, 7) is 2.33. The second-order valence-corrected chi connectivity index (χ2v) is 6.35. The zero-order valence-electron chi connectivity index (χ0n) is 11.2. The Morgan fingerprint density at radius 1 is 1.28 bits per heavy atom. The van der Waals surface area contributed by atoms with Crippen molar-refractivity contribution in [3.8, 4) is 5.75 Å². The van der Waals surface area contributed by atoms with E-state index in [1.165, 1.54) is 25.7 Å². The Morgan fingerprint density at radius 2 is 1.94 bits per heavy atom. The molecule has 100 valence electrons. The van der Waals surface area contributed by atoms with Gasteiger partial charge in [-0.05, 0) is 42.9 Å². The maximum atomic E-state index is 6.46. The van der Waals surface area contributed by atoms with Gasteiger partial charge in [0, 0.05) is 16.1 Å². The summed E-state index contributed by atoms with van der Waals surface area (Å²) in [7, 11) is 1.71. The van der Waals surface area contributed by atoms with Crippen LogP contribution in [0.2, 0.25) is 0 Å². The monoisotopic (exact) mass is 311 g/mol. The highest BCUT2D eigenvalue weighted by molar-refractivity contribution is 9.10. The molecule has 1 aliphatic carbocycles. The first-order chi connectivity index (χ1) is 8.61. The Balaban J connectivity index is 2.17. The van der Waals surface area contributed by atoms with Gasteiger partial charge in [0.1, 0.15) is 5.75 Å². The molecule has 2 N–H and O–H groups in total. The third-order valence-corrected chi connectivity index (χ3v) is 4.61. The first-order valence-electron chi connectivity index (χ1n) is 6.71. The Morgan fingerprint density at radius 3 is 2.56 bits per heavy atom. The van der Waals surface area contributed by atoms with Crippen molar-refractivity contribution < 1.29 is 4.74 Å². The number of methoxy groups -OCH3 is 1. The third-order valence-electron chi connectivity index (χ3n) is 4.12. The molecule has 1 fully saturated rings. The van der Waals surface area contributed by atoms with Crippen molar-refractivity contribution in [2.24, 2.45) is 17.6 Å². The Bertz CT molecular complexity index is 399. The maximum absolute atomic E-state index is 6.46. The molecule has 2 rings (SSSR count). The molecule has 1 saturated carbocycles. The van der Waals surface area contributed by atoms with Crippen molar-refractivity contribution in [1.82, 2.24) is 0 Å². The van der Waals surface area contributed by atoms with Crippen LogP contribution in [0.25, 0.3) is 0 Å². The van der Waals surface area contributed by atoms with E-state index in [0.29, 0.717) is 5.92 Å². The summed E-state index contributed by atoms with van der Waals surface area (Å²) in [5.41, 5.74) is 7.59. The van der Waals surface area contributed by atoms with Crippen molar-refractivity contribution in [2.45, 2.75) is 38.6 Å². The largest absolute Gasteiger partial charge is 0.496 e.